The van der Waals surface area contributed by atoms with Crippen molar-refractivity contribution in [3.05, 3.63) is 98.4 Å². The molecule has 0 bridgehead atoms. The number of hydroxylamine groups is 1. The van der Waals surface area contributed by atoms with Crippen LogP contribution in [0.25, 0.3) is 0 Å². The van der Waals surface area contributed by atoms with E-state index in [0.29, 0.717) is 40.4 Å². The molecule has 0 saturated carbocycles. The first-order valence-corrected chi connectivity index (χ1v) is 10.0. The highest BCUT2D eigenvalue weighted by molar-refractivity contribution is 6.06. The molecule has 0 radical (unpaired) electrons. The first-order valence-electron chi connectivity index (χ1n) is 10.0. The molecule has 1 aliphatic rings. The van der Waals surface area contributed by atoms with E-state index >= 15 is 0 Å². The second kappa shape index (κ2) is 10.0. The summed E-state index contributed by atoms with van der Waals surface area (Å²) in [6.07, 6.45) is 0. The largest absolute Gasteiger partial charge is 0.466 e. The third-order valence-corrected chi connectivity index (χ3v) is 5.22. The zero-order chi connectivity index (χ0) is 23.3. The van der Waals surface area contributed by atoms with E-state index in [1.54, 1.807) is 19.1 Å². The molecule has 1 N–H and O–H groups in total. The van der Waals surface area contributed by atoms with E-state index < -0.39 is 16.8 Å². The molecule has 1 atom stereocenters. The number of benzene rings is 2. The molecule has 3 rings (SSSR count). The number of nitro groups is 1. The number of esters is 1. The molecule has 2 aromatic carbocycles. The van der Waals surface area contributed by atoms with Gasteiger partial charge in [-0.15, -0.1) is 0 Å². The van der Waals surface area contributed by atoms with Gasteiger partial charge in [0.25, 0.3) is 5.69 Å². The third kappa shape index (κ3) is 4.92. The standard InChI is InChI=1S/C24H25N3O5/c1-15-21(17(3)26-32-14-18-9-6-5-7-10-18)23(22(16(2)25-15)24(28)31-4)19-11-8-12-20(13-19)27(29)30/h5-13,23,26H,14H2,1-4H3. The van der Waals surface area contributed by atoms with Crippen molar-refractivity contribution < 1.29 is 19.3 Å². The number of carbonyl (C=O) groups excluding carboxylic acids is 1. The van der Waals surface area contributed by atoms with Gasteiger partial charge in [-0.2, -0.15) is 0 Å². The normalized spacial score (nSPS) is 17.5. The van der Waals surface area contributed by atoms with Crippen molar-refractivity contribution in [2.24, 2.45) is 4.99 Å². The lowest BCUT2D eigenvalue weighted by atomic mass is 9.79. The number of hydrogen-bond donors (Lipinski definition) is 1. The Kier molecular flexibility index (Phi) is 7.17. The van der Waals surface area contributed by atoms with E-state index in [9.17, 15) is 14.9 Å². The van der Waals surface area contributed by atoms with Crippen LogP contribution in [-0.2, 0) is 21.0 Å². The fourth-order valence-electron chi connectivity index (χ4n) is 3.81. The Hall–Kier alpha value is -3.78. The lowest BCUT2D eigenvalue weighted by Crippen LogP contribution is -2.27. The van der Waals surface area contributed by atoms with E-state index in [1.165, 1.54) is 19.2 Å². The topological polar surface area (TPSA) is 103 Å². The van der Waals surface area contributed by atoms with Crippen LogP contribution in [0.3, 0.4) is 0 Å². The summed E-state index contributed by atoms with van der Waals surface area (Å²) in [6.45, 7) is 5.71. The Labute approximate surface area is 186 Å². The maximum absolute atomic E-state index is 12.7. The summed E-state index contributed by atoms with van der Waals surface area (Å²) in [5.74, 6) is -1.14. The summed E-state index contributed by atoms with van der Waals surface area (Å²) in [5.41, 5.74) is 7.34. The minimum absolute atomic E-state index is 0.0603. The first kappa shape index (κ1) is 22.9. The zero-order valence-electron chi connectivity index (χ0n) is 18.4. The van der Waals surface area contributed by atoms with Gasteiger partial charge in [0.15, 0.2) is 0 Å². The van der Waals surface area contributed by atoms with Gasteiger partial charge in [0.05, 0.1) is 24.2 Å². The number of nitrogens with zero attached hydrogens (tertiary/aromatic N) is 2. The zero-order valence-corrected chi connectivity index (χ0v) is 18.4. The molecule has 166 valence electrons. The number of ether oxygens (including phenoxy) is 1. The van der Waals surface area contributed by atoms with Crippen LogP contribution in [0.2, 0.25) is 0 Å². The average molecular weight is 435 g/mol. The van der Waals surface area contributed by atoms with Crippen LogP contribution >= 0.6 is 0 Å². The molecule has 1 unspecified atom stereocenters. The Balaban J connectivity index is 2.04. The van der Waals surface area contributed by atoms with Crippen molar-refractivity contribution in [3.8, 4) is 0 Å². The second-order valence-electron chi connectivity index (χ2n) is 7.39. The first-order chi connectivity index (χ1) is 15.3. The summed E-state index contributed by atoms with van der Waals surface area (Å²) in [7, 11) is 1.30. The summed E-state index contributed by atoms with van der Waals surface area (Å²) >= 11 is 0. The highest BCUT2D eigenvalue weighted by Crippen LogP contribution is 2.40. The van der Waals surface area contributed by atoms with Gasteiger partial charge in [-0.3, -0.25) is 25.4 Å². The maximum atomic E-state index is 12.7. The monoisotopic (exact) mass is 435 g/mol. The van der Waals surface area contributed by atoms with Crippen LogP contribution in [0.1, 0.15) is 37.8 Å². The molecule has 32 heavy (non-hydrogen) atoms. The van der Waals surface area contributed by atoms with Crippen molar-refractivity contribution >= 4 is 17.4 Å². The third-order valence-electron chi connectivity index (χ3n) is 5.22. The minimum Gasteiger partial charge on any atom is -0.466 e. The molecule has 0 spiro atoms. The molecular weight excluding hydrogens is 410 g/mol. The van der Waals surface area contributed by atoms with Gasteiger partial charge in [-0.1, -0.05) is 42.5 Å². The van der Waals surface area contributed by atoms with E-state index in [1.807, 2.05) is 44.2 Å². The van der Waals surface area contributed by atoms with Gasteiger partial charge in [0.1, 0.15) is 0 Å². The van der Waals surface area contributed by atoms with Crippen LogP contribution < -0.4 is 5.48 Å². The lowest BCUT2D eigenvalue weighted by Gasteiger charge is -2.29. The fraction of sp³-hybridized carbons (Fsp3) is 0.250. The van der Waals surface area contributed by atoms with Gasteiger partial charge >= 0.3 is 5.97 Å². The summed E-state index contributed by atoms with van der Waals surface area (Å²) < 4.78 is 5.02. The summed E-state index contributed by atoms with van der Waals surface area (Å²) in [4.78, 5) is 33.8. The predicted octanol–water partition coefficient (Wildman–Crippen LogP) is 4.60. The van der Waals surface area contributed by atoms with Crippen molar-refractivity contribution in [3.63, 3.8) is 0 Å². The van der Waals surface area contributed by atoms with Crippen LogP contribution in [0, 0.1) is 10.1 Å². The van der Waals surface area contributed by atoms with Gasteiger partial charge in [-0.05, 0) is 31.9 Å². The Bertz CT molecular complexity index is 1120. The van der Waals surface area contributed by atoms with Crippen LogP contribution in [0.4, 0.5) is 5.69 Å². The number of nitro benzene ring substituents is 1. The summed E-state index contributed by atoms with van der Waals surface area (Å²) in [5, 5.41) is 11.4. The van der Waals surface area contributed by atoms with Crippen molar-refractivity contribution in [2.75, 3.05) is 7.11 Å². The Morgan fingerprint density at radius 3 is 2.53 bits per heavy atom. The van der Waals surface area contributed by atoms with Crippen molar-refractivity contribution in [1.82, 2.24) is 5.48 Å². The number of methoxy groups -OCH3 is 1. The molecule has 0 aromatic heterocycles. The van der Waals surface area contributed by atoms with Crippen LogP contribution in [0.15, 0.2) is 82.1 Å². The number of carbonyl (C=O) groups is 1. The Morgan fingerprint density at radius 1 is 1.16 bits per heavy atom. The molecule has 0 fully saturated rings. The van der Waals surface area contributed by atoms with Gasteiger partial charge < -0.3 is 4.74 Å². The number of non-ortho nitro benzene ring substituents is 1. The van der Waals surface area contributed by atoms with Gasteiger partial charge in [-0.25, -0.2) is 4.79 Å². The smallest absolute Gasteiger partial charge is 0.336 e. The van der Waals surface area contributed by atoms with Crippen molar-refractivity contribution in [1.29, 1.82) is 0 Å². The van der Waals surface area contributed by atoms with E-state index in [4.69, 9.17) is 9.57 Å². The van der Waals surface area contributed by atoms with E-state index in [0.717, 1.165) is 5.56 Å². The maximum Gasteiger partial charge on any atom is 0.336 e. The average Bonchev–Trinajstić information content (AvgIpc) is 2.78. The fourth-order valence-corrected chi connectivity index (χ4v) is 3.81. The molecule has 0 amide bonds. The molecule has 1 heterocycles. The number of hydrogen-bond acceptors (Lipinski definition) is 7. The second-order valence-corrected chi connectivity index (χ2v) is 7.39. The van der Waals surface area contributed by atoms with Crippen molar-refractivity contribution in [2.45, 2.75) is 33.3 Å². The predicted molar refractivity (Wildman–Crippen MR) is 121 cm³/mol. The number of allylic oxidation sites excluding steroid dienone is 3. The lowest BCUT2D eigenvalue weighted by molar-refractivity contribution is -0.384. The number of aliphatic imine (C=N–C) groups is 1. The molecule has 2 aromatic rings. The highest BCUT2D eigenvalue weighted by Gasteiger charge is 2.35. The minimum atomic E-state index is -0.604. The molecular formula is C24H25N3O5. The highest BCUT2D eigenvalue weighted by atomic mass is 16.6. The molecule has 8 nitrogen and oxygen atoms in total. The van der Waals surface area contributed by atoms with Gasteiger partial charge in [0.2, 0.25) is 0 Å². The Morgan fingerprint density at radius 2 is 1.88 bits per heavy atom. The van der Waals surface area contributed by atoms with Crippen LogP contribution in [0.5, 0.6) is 0 Å². The molecule has 0 saturated heterocycles. The van der Waals surface area contributed by atoms with E-state index in [-0.39, 0.29) is 5.69 Å². The van der Waals surface area contributed by atoms with Crippen LogP contribution in [-0.4, -0.2) is 23.7 Å². The SMILES string of the molecule is COC(=O)C1=C(C)N=C(C)C(=C(C)NOCc2ccccc2)C1c1cccc([N+](=O)[O-])c1. The number of nitrogens with one attached hydrogen (secondary N) is 1. The number of rotatable bonds is 7. The quantitative estimate of drug-likeness (QED) is 0.387. The van der Waals surface area contributed by atoms with E-state index in [2.05, 4.69) is 10.5 Å². The van der Waals surface area contributed by atoms with Gasteiger partial charge in [0, 0.05) is 40.7 Å². The molecule has 0 aliphatic carbocycles. The molecule has 8 heteroatoms. The summed E-state index contributed by atoms with van der Waals surface area (Å²) in [6, 6.07) is 15.9. The molecule has 1 aliphatic heterocycles.